The Kier molecular flexibility index (Phi) is 8.94. The second-order valence-corrected chi connectivity index (χ2v) is 8.54. The Hall–Kier alpha value is -2.57. The standard InChI is InChI=1S/C26H38N4O2/c1-5-27-25(30(3)19-22-11-13-24(31-4)14-12-22)28-20-26(15-17-32-18-16-26)29-21(2)23-9-7-6-8-10-23/h6-14,21,29H,5,15-20H2,1-4H3,(H,27,28). The van der Waals surface area contributed by atoms with Gasteiger partial charge in [-0.15, -0.1) is 0 Å². The van der Waals surface area contributed by atoms with Gasteiger partial charge in [-0.3, -0.25) is 4.99 Å². The number of nitrogens with one attached hydrogen (secondary N) is 2. The van der Waals surface area contributed by atoms with Crippen LogP contribution in [0.15, 0.2) is 59.6 Å². The van der Waals surface area contributed by atoms with Crippen molar-refractivity contribution >= 4 is 5.96 Å². The van der Waals surface area contributed by atoms with Crippen LogP contribution in [0.1, 0.15) is 43.9 Å². The van der Waals surface area contributed by atoms with Gasteiger partial charge >= 0.3 is 0 Å². The van der Waals surface area contributed by atoms with Crippen molar-refractivity contribution in [2.45, 2.75) is 44.8 Å². The summed E-state index contributed by atoms with van der Waals surface area (Å²) >= 11 is 0. The summed E-state index contributed by atoms with van der Waals surface area (Å²) in [5.41, 5.74) is 2.44. The SMILES string of the molecule is CCNC(=NCC1(NC(C)c2ccccc2)CCOCC1)N(C)Cc1ccc(OC)cc1. The lowest BCUT2D eigenvalue weighted by molar-refractivity contribution is 0.0373. The molecule has 2 aromatic rings. The molecule has 0 bridgehead atoms. The predicted molar refractivity (Wildman–Crippen MR) is 131 cm³/mol. The summed E-state index contributed by atoms with van der Waals surface area (Å²) in [6.07, 6.45) is 1.91. The average molecular weight is 439 g/mol. The Balaban J connectivity index is 1.72. The van der Waals surface area contributed by atoms with Gasteiger partial charge in [-0.1, -0.05) is 42.5 Å². The number of rotatable bonds is 9. The Labute approximate surface area is 193 Å². The number of guanidine groups is 1. The summed E-state index contributed by atoms with van der Waals surface area (Å²) in [7, 11) is 3.78. The van der Waals surface area contributed by atoms with Crippen LogP contribution in [0.3, 0.4) is 0 Å². The van der Waals surface area contributed by atoms with Crippen LogP contribution < -0.4 is 15.4 Å². The van der Waals surface area contributed by atoms with Crippen molar-refractivity contribution in [3.8, 4) is 5.75 Å². The minimum atomic E-state index is -0.0743. The van der Waals surface area contributed by atoms with Crippen molar-refractivity contribution in [3.63, 3.8) is 0 Å². The Morgan fingerprint density at radius 2 is 1.81 bits per heavy atom. The van der Waals surface area contributed by atoms with Gasteiger partial charge in [0, 0.05) is 44.9 Å². The van der Waals surface area contributed by atoms with Gasteiger partial charge < -0.3 is 25.0 Å². The molecular weight excluding hydrogens is 400 g/mol. The van der Waals surface area contributed by atoms with Gasteiger partial charge in [0.1, 0.15) is 5.75 Å². The third kappa shape index (κ3) is 6.71. The summed E-state index contributed by atoms with van der Waals surface area (Å²) in [5, 5.41) is 7.36. The minimum absolute atomic E-state index is 0.0743. The Bertz CT molecular complexity index is 833. The third-order valence-electron chi connectivity index (χ3n) is 6.08. The molecule has 174 valence electrons. The fourth-order valence-electron chi connectivity index (χ4n) is 4.17. The maximum Gasteiger partial charge on any atom is 0.194 e. The quantitative estimate of drug-likeness (QED) is 0.458. The van der Waals surface area contributed by atoms with Gasteiger partial charge in [0.25, 0.3) is 0 Å². The zero-order chi connectivity index (χ0) is 22.8. The van der Waals surface area contributed by atoms with Gasteiger partial charge in [0.05, 0.1) is 13.7 Å². The van der Waals surface area contributed by atoms with Crippen molar-refractivity contribution in [1.82, 2.24) is 15.5 Å². The van der Waals surface area contributed by atoms with Gasteiger partial charge in [-0.25, -0.2) is 0 Å². The van der Waals surface area contributed by atoms with Gasteiger partial charge in [0.15, 0.2) is 5.96 Å². The Morgan fingerprint density at radius 3 is 2.44 bits per heavy atom. The monoisotopic (exact) mass is 438 g/mol. The lowest BCUT2D eigenvalue weighted by Gasteiger charge is -2.40. The van der Waals surface area contributed by atoms with E-state index in [-0.39, 0.29) is 11.6 Å². The molecule has 0 aliphatic carbocycles. The molecule has 6 nitrogen and oxygen atoms in total. The fourth-order valence-corrected chi connectivity index (χ4v) is 4.17. The van der Waals surface area contributed by atoms with Crippen molar-refractivity contribution in [2.75, 3.05) is 40.5 Å². The molecule has 1 heterocycles. The van der Waals surface area contributed by atoms with Crippen LogP contribution in [0.4, 0.5) is 0 Å². The molecule has 1 atom stereocenters. The van der Waals surface area contributed by atoms with E-state index < -0.39 is 0 Å². The maximum atomic E-state index is 5.69. The summed E-state index contributed by atoms with van der Waals surface area (Å²) in [5.74, 6) is 1.79. The Morgan fingerprint density at radius 1 is 1.12 bits per heavy atom. The van der Waals surface area contributed by atoms with E-state index in [9.17, 15) is 0 Å². The molecule has 1 unspecified atom stereocenters. The molecule has 2 N–H and O–H groups in total. The molecule has 32 heavy (non-hydrogen) atoms. The van der Waals surface area contributed by atoms with Crippen LogP contribution in [0, 0.1) is 0 Å². The number of benzene rings is 2. The molecule has 0 saturated carbocycles. The molecule has 0 radical (unpaired) electrons. The van der Waals surface area contributed by atoms with Crippen molar-refractivity contribution < 1.29 is 9.47 Å². The van der Waals surface area contributed by atoms with Crippen LogP contribution in [0.25, 0.3) is 0 Å². The summed E-state index contributed by atoms with van der Waals surface area (Å²) in [6.45, 7) is 8.19. The van der Waals surface area contributed by atoms with Crippen molar-refractivity contribution in [2.24, 2.45) is 4.99 Å². The van der Waals surface area contributed by atoms with E-state index in [1.54, 1.807) is 7.11 Å². The highest BCUT2D eigenvalue weighted by Crippen LogP contribution is 2.26. The molecule has 6 heteroatoms. The summed E-state index contributed by atoms with van der Waals surface area (Å²) in [6, 6.07) is 19.1. The third-order valence-corrected chi connectivity index (χ3v) is 6.08. The van der Waals surface area contributed by atoms with Gasteiger partial charge in [0.2, 0.25) is 0 Å². The zero-order valence-corrected chi connectivity index (χ0v) is 19.9. The maximum absolute atomic E-state index is 5.69. The highest BCUT2D eigenvalue weighted by atomic mass is 16.5. The van der Waals surface area contributed by atoms with E-state index in [4.69, 9.17) is 14.5 Å². The van der Waals surface area contributed by atoms with Crippen LogP contribution in [-0.4, -0.2) is 56.9 Å². The minimum Gasteiger partial charge on any atom is -0.497 e. The molecular formula is C26H38N4O2. The van der Waals surface area contributed by atoms with Gasteiger partial charge in [-0.2, -0.15) is 0 Å². The smallest absolute Gasteiger partial charge is 0.194 e. The number of aliphatic imine (C=N–C) groups is 1. The van der Waals surface area contributed by atoms with Crippen LogP contribution >= 0.6 is 0 Å². The highest BCUT2D eigenvalue weighted by molar-refractivity contribution is 5.79. The van der Waals surface area contributed by atoms with E-state index in [0.29, 0.717) is 6.54 Å². The van der Waals surface area contributed by atoms with Gasteiger partial charge in [-0.05, 0) is 49.9 Å². The summed E-state index contributed by atoms with van der Waals surface area (Å²) < 4.78 is 11.0. The molecule has 2 aromatic carbocycles. The molecule has 0 amide bonds. The van der Waals surface area contributed by atoms with Crippen LogP contribution in [-0.2, 0) is 11.3 Å². The molecule has 1 fully saturated rings. The first kappa shape index (κ1) is 24.1. The number of ether oxygens (including phenoxy) is 2. The molecule has 0 spiro atoms. The lowest BCUT2D eigenvalue weighted by atomic mass is 9.88. The van der Waals surface area contributed by atoms with E-state index in [1.807, 2.05) is 12.1 Å². The molecule has 3 rings (SSSR count). The van der Waals surface area contributed by atoms with Crippen molar-refractivity contribution in [3.05, 3.63) is 65.7 Å². The number of hydrogen-bond acceptors (Lipinski definition) is 4. The lowest BCUT2D eigenvalue weighted by Crippen LogP contribution is -2.53. The second-order valence-electron chi connectivity index (χ2n) is 8.54. The van der Waals surface area contributed by atoms with Crippen LogP contribution in [0.5, 0.6) is 5.75 Å². The highest BCUT2D eigenvalue weighted by Gasteiger charge is 2.34. The number of hydrogen-bond donors (Lipinski definition) is 2. The molecule has 0 aromatic heterocycles. The number of nitrogens with zero attached hydrogens (tertiary/aromatic N) is 2. The molecule has 1 saturated heterocycles. The largest absolute Gasteiger partial charge is 0.497 e. The normalized spacial score (nSPS) is 16.9. The van der Waals surface area contributed by atoms with Crippen LogP contribution in [0.2, 0.25) is 0 Å². The number of methoxy groups -OCH3 is 1. The predicted octanol–water partition coefficient (Wildman–Crippen LogP) is 3.99. The van der Waals surface area contributed by atoms with E-state index >= 15 is 0 Å². The average Bonchev–Trinajstić information content (AvgIpc) is 2.83. The fraction of sp³-hybridized carbons (Fsp3) is 0.500. The first-order valence-electron chi connectivity index (χ1n) is 11.6. The topological polar surface area (TPSA) is 58.1 Å². The van der Waals surface area contributed by atoms with E-state index in [2.05, 4.69) is 78.9 Å². The molecule has 1 aliphatic rings. The van der Waals surface area contributed by atoms with E-state index in [1.165, 1.54) is 11.1 Å². The molecule has 1 aliphatic heterocycles. The first-order chi connectivity index (χ1) is 15.5. The first-order valence-corrected chi connectivity index (χ1v) is 11.6. The zero-order valence-electron chi connectivity index (χ0n) is 19.9. The summed E-state index contributed by atoms with van der Waals surface area (Å²) in [4.78, 5) is 7.25. The second kappa shape index (κ2) is 11.9. The van der Waals surface area contributed by atoms with Crippen molar-refractivity contribution in [1.29, 1.82) is 0 Å². The van der Waals surface area contributed by atoms with E-state index in [0.717, 1.165) is 50.9 Å².